The molecule has 1 unspecified atom stereocenters. The number of nitrogens with one attached hydrogen (secondary N) is 1. The normalized spacial score (nSPS) is 12.9. The van der Waals surface area contributed by atoms with Crippen LogP contribution in [0.25, 0.3) is 0 Å². The van der Waals surface area contributed by atoms with E-state index in [0.29, 0.717) is 6.04 Å². The molecule has 1 N–H and O–H groups in total. The highest BCUT2D eigenvalue weighted by Gasteiger charge is 2.10. The van der Waals surface area contributed by atoms with Crippen molar-refractivity contribution in [2.75, 3.05) is 18.6 Å². The lowest BCUT2D eigenvalue weighted by Crippen LogP contribution is -2.21. The molecular formula is C13H25N3S. The van der Waals surface area contributed by atoms with Crippen LogP contribution >= 0.6 is 11.8 Å². The summed E-state index contributed by atoms with van der Waals surface area (Å²) in [5, 5.41) is 7.99. The smallest absolute Gasteiger partial charge is 0.0537 e. The fourth-order valence-electron chi connectivity index (χ4n) is 1.87. The van der Waals surface area contributed by atoms with Crippen molar-refractivity contribution >= 4 is 11.8 Å². The van der Waals surface area contributed by atoms with Crippen molar-refractivity contribution in [3.05, 3.63) is 18.0 Å². The van der Waals surface area contributed by atoms with Crippen molar-refractivity contribution < 1.29 is 0 Å². The summed E-state index contributed by atoms with van der Waals surface area (Å²) < 4.78 is 2.07. The SMILES string of the molecule is CCCNC(CC)c1cnn(CCCSC)c1. The quantitative estimate of drug-likeness (QED) is 0.688. The Bertz CT molecular complexity index is 299. The van der Waals surface area contributed by atoms with Gasteiger partial charge in [-0.15, -0.1) is 0 Å². The van der Waals surface area contributed by atoms with E-state index in [1.54, 1.807) is 0 Å². The Balaban J connectivity index is 2.46. The maximum Gasteiger partial charge on any atom is 0.0537 e. The average Bonchev–Trinajstić information content (AvgIpc) is 2.79. The molecule has 0 aliphatic heterocycles. The molecule has 17 heavy (non-hydrogen) atoms. The van der Waals surface area contributed by atoms with Crippen LogP contribution in [0.1, 0.15) is 44.7 Å². The van der Waals surface area contributed by atoms with Crippen LogP contribution in [0.4, 0.5) is 0 Å². The zero-order chi connectivity index (χ0) is 12.5. The van der Waals surface area contributed by atoms with Crippen LogP contribution in [0, 0.1) is 0 Å². The lowest BCUT2D eigenvalue weighted by atomic mass is 10.1. The van der Waals surface area contributed by atoms with Gasteiger partial charge in [-0.05, 0) is 37.8 Å². The maximum atomic E-state index is 4.43. The van der Waals surface area contributed by atoms with E-state index < -0.39 is 0 Å². The Morgan fingerprint density at radius 2 is 2.29 bits per heavy atom. The van der Waals surface area contributed by atoms with Gasteiger partial charge in [-0.1, -0.05) is 13.8 Å². The number of thioether (sulfide) groups is 1. The van der Waals surface area contributed by atoms with Gasteiger partial charge in [0.05, 0.1) is 6.20 Å². The summed E-state index contributed by atoms with van der Waals surface area (Å²) >= 11 is 1.90. The Kier molecular flexibility index (Phi) is 7.37. The van der Waals surface area contributed by atoms with E-state index in [-0.39, 0.29) is 0 Å². The van der Waals surface area contributed by atoms with E-state index in [1.165, 1.54) is 24.2 Å². The van der Waals surface area contributed by atoms with Crippen molar-refractivity contribution in [2.45, 2.75) is 45.7 Å². The van der Waals surface area contributed by atoms with Crippen molar-refractivity contribution in [2.24, 2.45) is 0 Å². The van der Waals surface area contributed by atoms with Gasteiger partial charge < -0.3 is 5.32 Å². The molecule has 0 saturated heterocycles. The molecule has 1 aromatic heterocycles. The van der Waals surface area contributed by atoms with Gasteiger partial charge in [0.1, 0.15) is 0 Å². The molecule has 0 aliphatic carbocycles. The molecule has 0 bridgehead atoms. The Morgan fingerprint density at radius 3 is 2.94 bits per heavy atom. The van der Waals surface area contributed by atoms with E-state index >= 15 is 0 Å². The van der Waals surface area contributed by atoms with Crippen LogP contribution < -0.4 is 5.32 Å². The molecule has 0 saturated carbocycles. The third-order valence-corrected chi connectivity index (χ3v) is 3.54. The van der Waals surface area contributed by atoms with Gasteiger partial charge >= 0.3 is 0 Å². The third kappa shape index (κ3) is 5.13. The topological polar surface area (TPSA) is 29.9 Å². The molecule has 4 heteroatoms. The van der Waals surface area contributed by atoms with Gasteiger partial charge in [-0.25, -0.2) is 0 Å². The molecule has 1 aromatic rings. The van der Waals surface area contributed by atoms with Crippen LogP contribution in [0.2, 0.25) is 0 Å². The van der Waals surface area contributed by atoms with E-state index in [2.05, 4.69) is 41.4 Å². The number of nitrogens with zero attached hydrogens (tertiary/aromatic N) is 2. The summed E-state index contributed by atoms with van der Waals surface area (Å²) in [7, 11) is 0. The fourth-order valence-corrected chi connectivity index (χ4v) is 2.29. The molecule has 0 amide bonds. The predicted molar refractivity (Wildman–Crippen MR) is 76.6 cm³/mol. The van der Waals surface area contributed by atoms with Crippen molar-refractivity contribution in [3.8, 4) is 0 Å². The van der Waals surface area contributed by atoms with Gasteiger partial charge in [0.2, 0.25) is 0 Å². The van der Waals surface area contributed by atoms with E-state index in [0.717, 1.165) is 19.5 Å². The molecule has 98 valence electrons. The van der Waals surface area contributed by atoms with E-state index in [4.69, 9.17) is 0 Å². The van der Waals surface area contributed by atoms with Crippen LogP contribution in [0.5, 0.6) is 0 Å². The Labute approximate surface area is 109 Å². The van der Waals surface area contributed by atoms with Crippen molar-refractivity contribution in [1.82, 2.24) is 15.1 Å². The first-order valence-electron chi connectivity index (χ1n) is 6.56. The summed E-state index contributed by atoms with van der Waals surface area (Å²) in [6, 6.07) is 0.462. The third-order valence-electron chi connectivity index (χ3n) is 2.84. The summed E-state index contributed by atoms with van der Waals surface area (Å²) in [5.41, 5.74) is 1.32. The first-order chi connectivity index (χ1) is 8.31. The second-order valence-electron chi connectivity index (χ2n) is 4.30. The largest absolute Gasteiger partial charge is 0.310 e. The minimum Gasteiger partial charge on any atom is -0.310 e. The van der Waals surface area contributed by atoms with Crippen LogP contribution in [0.15, 0.2) is 12.4 Å². The molecule has 0 spiro atoms. The van der Waals surface area contributed by atoms with Gasteiger partial charge in [0.25, 0.3) is 0 Å². The first kappa shape index (κ1) is 14.6. The highest BCUT2D eigenvalue weighted by Crippen LogP contribution is 2.15. The zero-order valence-corrected chi connectivity index (χ0v) is 12.1. The number of hydrogen-bond donors (Lipinski definition) is 1. The number of aromatic nitrogens is 2. The number of rotatable bonds is 9. The monoisotopic (exact) mass is 255 g/mol. The molecule has 1 rings (SSSR count). The van der Waals surface area contributed by atoms with Gasteiger partial charge in [-0.2, -0.15) is 16.9 Å². The molecule has 3 nitrogen and oxygen atoms in total. The first-order valence-corrected chi connectivity index (χ1v) is 7.95. The van der Waals surface area contributed by atoms with Crippen LogP contribution in [-0.4, -0.2) is 28.3 Å². The number of hydrogen-bond acceptors (Lipinski definition) is 3. The van der Waals surface area contributed by atoms with Gasteiger partial charge in [-0.3, -0.25) is 4.68 Å². The van der Waals surface area contributed by atoms with Gasteiger partial charge in [0.15, 0.2) is 0 Å². The van der Waals surface area contributed by atoms with Gasteiger partial charge in [0, 0.05) is 24.3 Å². The molecule has 0 radical (unpaired) electrons. The molecule has 1 heterocycles. The second-order valence-corrected chi connectivity index (χ2v) is 5.28. The van der Waals surface area contributed by atoms with Crippen molar-refractivity contribution in [1.29, 1.82) is 0 Å². The lowest BCUT2D eigenvalue weighted by molar-refractivity contribution is 0.517. The summed E-state index contributed by atoms with van der Waals surface area (Å²) in [6.45, 7) is 6.53. The summed E-state index contributed by atoms with van der Waals surface area (Å²) in [5.74, 6) is 1.21. The van der Waals surface area contributed by atoms with E-state index in [1.807, 2.05) is 18.0 Å². The van der Waals surface area contributed by atoms with Crippen LogP contribution in [-0.2, 0) is 6.54 Å². The lowest BCUT2D eigenvalue weighted by Gasteiger charge is -2.14. The molecule has 0 aliphatic rings. The second kappa shape index (κ2) is 8.59. The Hall–Kier alpha value is -0.480. The minimum atomic E-state index is 0.462. The molecule has 1 atom stereocenters. The average molecular weight is 255 g/mol. The zero-order valence-electron chi connectivity index (χ0n) is 11.3. The molecule has 0 aromatic carbocycles. The molecule has 0 fully saturated rings. The standard InChI is InChI=1S/C13H25N3S/c1-4-7-14-13(5-2)12-10-15-16(11-12)8-6-9-17-3/h10-11,13-14H,4-9H2,1-3H3. The van der Waals surface area contributed by atoms with Crippen molar-refractivity contribution in [3.63, 3.8) is 0 Å². The Morgan fingerprint density at radius 1 is 1.47 bits per heavy atom. The molecular weight excluding hydrogens is 230 g/mol. The van der Waals surface area contributed by atoms with E-state index in [9.17, 15) is 0 Å². The summed E-state index contributed by atoms with van der Waals surface area (Å²) in [6.07, 6.45) is 9.85. The maximum absolute atomic E-state index is 4.43. The number of aryl methyl sites for hydroxylation is 1. The van der Waals surface area contributed by atoms with Crippen LogP contribution in [0.3, 0.4) is 0 Å². The highest BCUT2D eigenvalue weighted by atomic mass is 32.2. The fraction of sp³-hybridized carbons (Fsp3) is 0.769. The highest BCUT2D eigenvalue weighted by molar-refractivity contribution is 7.98. The minimum absolute atomic E-state index is 0.462. The predicted octanol–water partition coefficient (Wildman–Crippen LogP) is 3.09. The summed E-state index contributed by atoms with van der Waals surface area (Å²) in [4.78, 5) is 0.